The Labute approximate surface area is 105 Å². The molecule has 1 aliphatic rings. The zero-order valence-electron chi connectivity index (χ0n) is 10.3. The number of carbonyl (C=O) groups is 2. The number of amides is 2. The lowest BCUT2D eigenvalue weighted by atomic mass is 10.1. The van der Waals surface area contributed by atoms with E-state index in [9.17, 15) is 9.59 Å². The number of hydrogen-bond donors (Lipinski definition) is 2. The number of likely N-dealkylation sites (N-methyl/N-ethyl adjacent to an activating group) is 1. The third-order valence-corrected chi connectivity index (χ3v) is 2.93. The van der Waals surface area contributed by atoms with Gasteiger partial charge < -0.3 is 20.0 Å². The van der Waals surface area contributed by atoms with Crippen LogP contribution in [0.25, 0.3) is 0 Å². The fraction of sp³-hybridized carbons (Fsp3) is 0.500. The van der Waals surface area contributed by atoms with Gasteiger partial charge in [-0.15, -0.1) is 0 Å². The van der Waals surface area contributed by atoms with Crippen LogP contribution >= 0.6 is 0 Å². The number of piperazine rings is 1. The number of rotatable bonds is 3. The Morgan fingerprint density at radius 3 is 3.11 bits per heavy atom. The van der Waals surface area contributed by atoms with Gasteiger partial charge in [-0.1, -0.05) is 0 Å². The fourth-order valence-electron chi connectivity index (χ4n) is 2.03. The smallest absolute Gasteiger partial charge is 0.257 e. The first-order valence-corrected chi connectivity index (χ1v) is 6.05. The van der Waals surface area contributed by atoms with Gasteiger partial charge in [0.15, 0.2) is 0 Å². The molecule has 1 saturated heterocycles. The normalized spacial score (nSPS) is 19.6. The number of hydrogen-bond acceptors (Lipinski definition) is 4. The maximum atomic E-state index is 12.2. The maximum absolute atomic E-state index is 12.2. The van der Waals surface area contributed by atoms with E-state index in [1.54, 1.807) is 11.0 Å². The highest BCUT2D eigenvalue weighted by Crippen LogP contribution is 2.11. The predicted molar refractivity (Wildman–Crippen MR) is 65.1 cm³/mol. The molecule has 0 saturated carbocycles. The number of nitrogens with one attached hydrogen (secondary N) is 2. The third kappa shape index (κ3) is 2.53. The monoisotopic (exact) mass is 251 g/mol. The maximum Gasteiger partial charge on any atom is 0.257 e. The molecule has 98 valence electrons. The predicted octanol–water partition coefficient (Wildman–Crippen LogP) is -0.170. The van der Waals surface area contributed by atoms with E-state index in [0.717, 1.165) is 0 Å². The van der Waals surface area contributed by atoms with Gasteiger partial charge in [0, 0.05) is 26.2 Å². The Bertz CT molecular complexity index is 416. The first-order valence-electron chi connectivity index (χ1n) is 6.05. The standard InChI is InChI=1S/C12H17N3O3/c1-2-14-11(16)10-7-13-4-5-15(10)12(17)9-3-6-18-8-9/h3,6,8,10,13H,2,4-5,7H2,1H3,(H,14,16). The lowest BCUT2D eigenvalue weighted by molar-refractivity contribution is -0.126. The zero-order valence-corrected chi connectivity index (χ0v) is 10.3. The van der Waals surface area contributed by atoms with Gasteiger partial charge in [-0.2, -0.15) is 0 Å². The van der Waals surface area contributed by atoms with Crippen molar-refractivity contribution in [2.24, 2.45) is 0 Å². The topological polar surface area (TPSA) is 74.6 Å². The molecule has 0 aromatic carbocycles. The van der Waals surface area contributed by atoms with E-state index in [4.69, 9.17) is 4.42 Å². The second-order valence-corrected chi connectivity index (χ2v) is 4.13. The first-order chi connectivity index (χ1) is 8.74. The highest BCUT2D eigenvalue weighted by Gasteiger charge is 2.32. The highest BCUT2D eigenvalue weighted by molar-refractivity contribution is 5.97. The van der Waals surface area contributed by atoms with E-state index in [0.29, 0.717) is 31.7 Å². The minimum absolute atomic E-state index is 0.124. The van der Waals surface area contributed by atoms with Gasteiger partial charge in [-0.25, -0.2) is 0 Å². The molecule has 1 aromatic heterocycles. The molecule has 0 spiro atoms. The summed E-state index contributed by atoms with van der Waals surface area (Å²) in [5.74, 6) is -0.289. The van der Waals surface area contributed by atoms with Crippen molar-refractivity contribution in [2.75, 3.05) is 26.2 Å². The Morgan fingerprint density at radius 1 is 1.61 bits per heavy atom. The van der Waals surface area contributed by atoms with Crippen molar-refractivity contribution in [1.29, 1.82) is 0 Å². The summed E-state index contributed by atoms with van der Waals surface area (Å²) in [6.45, 7) is 4.11. The van der Waals surface area contributed by atoms with Crippen LogP contribution in [-0.4, -0.2) is 48.9 Å². The van der Waals surface area contributed by atoms with Crippen LogP contribution in [0.3, 0.4) is 0 Å². The van der Waals surface area contributed by atoms with Crippen LogP contribution in [0.15, 0.2) is 23.0 Å². The summed E-state index contributed by atoms with van der Waals surface area (Å²) in [5, 5.41) is 5.88. The van der Waals surface area contributed by atoms with Crippen molar-refractivity contribution in [2.45, 2.75) is 13.0 Å². The number of nitrogens with zero attached hydrogens (tertiary/aromatic N) is 1. The van der Waals surface area contributed by atoms with Crippen LogP contribution in [0.5, 0.6) is 0 Å². The van der Waals surface area contributed by atoms with Crippen LogP contribution in [0.2, 0.25) is 0 Å². The summed E-state index contributed by atoms with van der Waals surface area (Å²) in [7, 11) is 0. The average Bonchev–Trinajstić information content (AvgIpc) is 2.92. The quantitative estimate of drug-likeness (QED) is 0.782. The van der Waals surface area contributed by atoms with Crippen LogP contribution in [0, 0.1) is 0 Å². The van der Waals surface area contributed by atoms with Crippen molar-refractivity contribution in [3.63, 3.8) is 0 Å². The van der Waals surface area contributed by atoms with Crippen molar-refractivity contribution in [3.8, 4) is 0 Å². The summed E-state index contributed by atoms with van der Waals surface area (Å²) < 4.78 is 4.91. The summed E-state index contributed by atoms with van der Waals surface area (Å²) in [6, 6.07) is 1.15. The molecule has 18 heavy (non-hydrogen) atoms. The van der Waals surface area contributed by atoms with Gasteiger partial charge in [-0.3, -0.25) is 9.59 Å². The molecule has 2 heterocycles. The molecular weight excluding hydrogens is 234 g/mol. The Morgan fingerprint density at radius 2 is 2.44 bits per heavy atom. The molecular formula is C12H17N3O3. The Balaban J connectivity index is 2.12. The molecule has 0 radical (unpaired) electrons. The molecule has 1 aliphatic heterocycles. The van der Waals surface area contributed by atoms with E-state index >= 15 is 0 Å². The van der Waals surface area contributed by atoms with Gasteiger partial charge in [0.25, 0.3) is 5.91 Å². The van der Waals surface area contributed by atoms with E-state index in [2.05, 4.69) is 10.6 Å². The largest absolute Gasteiger partial charge is 0.472 e. The molecule has 2 rings (SSSR count). The molecule has 6 nitrogen and oxygen atoms in total. The van der Waals surface area contributed by atoms with Crippen LogP contribution in [-0.2, 0) is 4.79 Å². The van der Waals surface area contributed by atoms with E-state index in [1.807, 2.05) is 6.92 Å². The summed E-state index contributed by atoms with van der Waals surface area (Å²) in [4.78, 5) is 25.7. The van der Waals surface area contributed by atoms with Crippen LogP contribution in [0.1, 0.15) is 17.3 Å². The summed E-state index contributed by atoms with van der Waals surface area (Å²) >= 11 is 0. The number of carbonyl (C=O) groups excluding carboxylic acids is 2. The van der Waals surface area contributed by atoms with E-state index in [-0.39, 0.29) is 11.8 Å². The molecule has 0 aliphatic carbocycles. The van der Waals surface area contributed by atoms with Gasteiger partial charge in [0.05, 0.1) is 11.8 Å². The van der Waals surface area contributed by atoms with Crippen molar-refractivity contribution in [3.05, 3.63) is 24.2 Å². The second-order valence-electron chi connectivity index (χ2n) is 4.13. The molecule has 1 fully saturated rings. The SMILES string of the molecule is CCNC(=O)C1CNCCN1C(=O)c1ccoc1. The zero-order chi connectivity index (χ0) is 13.0. The van der Waals surface area contributed by atoms with Crippen LogP contribution < -0.4 is 10.6 Å². The summed E-state index contributed by atoms with van der Waals surface area (Å²) in [6.07, 6.45) is 2.86. The van der Waals surface area contributed by atoms with Crippen molar-refractivity contribution >= 4 is 11.8 Å². The molecule has 1 aromatic rings. The Hall–Kier alpha value is -1.82. The lowest BCUT2D eigenvalue weighted by Gasteiger charge is -2.34. The lowest BCUT2D eigenvalue weighted by Crippen LogP contribution is -2.59. The molecule has 2 N–H and O–H groups in total. The van der Waals surface area contributed by atoms with Crippen molar-refractivity contribution < 1.29 is 14.0 Å². The second kappa shape index (κ2) is 5.68. The third-order valence-electron chi connectivity index (χ3n) is 2.93. The Kier molecular flexibility index (Phi) is 3.99. The minimum Gasteiger partial charge on any atom is -0.472 e. The molecule has 2 amide bonds. The van der Waals surface area contributed by atoms with Gasteiger partial charge >= 0.3 is 0 Å². The average molecular weight is 251 g/mol. The molecule has 6 heteroatoms. The summed E-state index contributed by atoms with van der Waals surface area (Å²) in [5.41, 5.74) is 0.478. The van der Waals surface area contributed by atoms with Gasteiger partial charge in [-0.05, 0) is 13.0 Å². The number of furan rings is 1. The first kappa shape index (κ1) is 12.6. The van der Waals surface area contributed by atoms with Gasteiger partial charge in [0.1, 0.15) is 12.3 Å². The van der Waals surface area contributed by atoms with E-state index in [1.165, 1.54) is 12.5 Å². The molecule has 0 bridgehead atoms. The van der Waals surface area contributed by atoms with Gasteiger partial charge in [0.2, 0.25) is 5.91 Å². The highest BCUT2D eigenvalue weighted by atomic mass is 16.3. The molecule has 1 unspecified atom stereocenters. The van der Waals surface area contributed by atoms with Crippen molar-refractivity contribution in [1.82, 2.24) is 15.5 Å². The molecule has 1 atom stereocenters. The minimum atomic E-state index is -0.457. The van der Waals surface area contributed by atoms with E-state index < -0.39 is 6.04 Å². The van der Waals surface area contributed by atoms with Crippen LogP contribution in [0.4, 0.5) is 0 Å². The fourth-order valence-corrected chi connectivity index (χ4v) is 2.03.